The van der Waals surface area contributed by atoms with Gasteiger partial charge in [-0.15, -0.1) is 0 Å². The van der Waals surface area contributed by atoms with Gasteiger partial charge in [-0.2, -0.15) is 11.3 Å². The van der Waals surface area contributed by atoms with Crippen molar-refractivity contribution in [3.8, 4) is 0 Å². The molecule has 1 heterocycles. The lowest BCUT2D eigenvalue weighted by Gasteiger charge is -2.17. The summed E-state index contributed by atoms with van der Waals surface area (Å²) in [5, 5.41) is 7.96. The van der Waals surface area contributed by atoms with Gasteiger partial charge in [0.1, 0.15) is 0 Å². The summed E-state index contributed by atoms with van der Waals surface area (Å²) in [5.74, 6) is 0.720. The van der Waals surface area contributed by atoms with Gasteiger partial charge in [0.15, 0.2) is 0 Å². The van der Waals surface area contributed by atoms with Gasteiger partial charge in [0.05, 0.1) is 0 Å². The molecule has 0 radical (unpaired) electrons. The van der Waals surface area contributed by atoms with E-state index >= 15 is 0 Å². The van der Waals surface area contributed by atoms with Crippen LogP contribution in [-0.2, 0) is 12.8 Å². The molecular weight excluding hydrogens is 262 g/mol. The van der Waals surface area contributed by atoms with Crippen molar-refractivity contribution in [3.63, 3.8) is 0 Å². The normalized spacial score (nSPS) is 12.5. The summed E-state index contributed by atoms with van der Waals surface area (Å²) in [6, 6.07) is 11.2. The van der Waals surface area contributed by atoms with Crippen LogP contribution in [0.3, 0.4) is 0 Å². The van der Waals surface area contributed by atoms with E-state index in [0.29, 0.717) is 0 Å². The highest BCUT2D eigenvalue weighted by molar-refractivity contribution is 7.07. The van der Waals surface area contributed by atoms with Gasteiger partial charge in [0, 0.05) is 0 Å². The van der Waals surface area contributed by atoms with Gasteiger partial charge in [-0.3, -0.25) is 0 Å². The average molecular weight is 287 g/mol. The summed E-state index contributed by atoms with van der Waals surface area (Å²) < 4.78 is 0. The Kier molecular flexibility index (Phi) is 6.28. The zero-order valence-corrected chi connectivity index (χ0v) is 13.4. The molecule has 2 heteroatoms. The molecule has 0 aliphatic rings. The number of nitrogens with one attached hydrogen (secondary N) is 1. The Balaban J connectivity index is 1.90. The highest BCUT2D eigenvalue weighted by atomic mass is 32.1. The maximum absolute atomic E-state index is 3.51. The molecule has 1 aromatic carbocycles. The molecule has 1 atom stereocenters. The first kappa shape index (κ1) is 15.3. The molecule has 0 bridgehead atoms. The zero-order chi connectivity index (χ0) is 14.2. The van der Waals surface area contributed by atoms with E-state index < -0.39 is 0 Å². The smallest absolute Gasteiger partial charge is 0.00173 e. The van der Waals surface area contributed by atoms with Crippen LogP contribution in [0.2, 0.25) is 0 Å². The number of hydrogen-bond donors (Lipinski definition) is 1. The highest BCUT2D eigenvalue weighted by Crippen LogP contribution is 2.17. The molecule has 0 saturated heterocycles. The van der Waals surface area contributed by atoms with Crippen molar-refractivity contribution in [1.29, 1.82) is 0 Å². The van der Waals surface area contributed by atoms with Crippen LogP contribution in [0, 0.1) is 12.8 Å². The summed E-state index contributed by atoms with van der Waals surface area (Å²) >= 11 is 1.80. The lowest BCUT2D eigenvalue weighted by molar-refractivity contribution is 0.449. The van der Waals surface area contributed by atoms with Crippen molar-refractivity contribution in [1.82, 2.24) is 5.32 Å². The molecular formula is C18H25NS. The third-order valence-corrected chi connectivity index (χ3v) is 4.48. The van der Waals surface area contributed by atoms with Gasteiger partial charge in [-0.05, 0) is 73.1 Å². The fraction of sp³-hybridized carbons (Fsp3) is 0.444. The second-order valence-corrected chi connectivity index (χ2v) is 6.31. The SMILES string of the molecule is CCNCC(CCc1ccsc1)Cc1ccc(C)cc1. The van der Waals surface area contributed by atoms with E-state index in [2.05, 4.69) is 60.3 Å². The number of benzene rings is 1. The Morgan fingerprint density at radius 2 is 1.90 bits per heavy atom. The standard InChI is InChI=1S/C18H25NS/c1-3-19-13-18(9-8-17-10-11-20-14-17)12-16-6-4-15(2)5-7-16/h4-7,10-11,14,18-19H,3,8-9,12-13H2,1-2H3. The third-order valence-electron chi connectivity index (χ3n) is 3.75. The molecule has 1 aromatic heterocycles. The predicted molar refractivity (Wildman–Crippen MR) is 89.6 cm³/mol. The van der Waals surface area contributed by atoms with E-state index in [0.717, 1.165) is 19.0 Å². The Morgan fingerprint density at radius 1 is 1.10 bits per heavy atom. The molecule has 20 heavy (non-hydrogen) atoms. The van der Waals surface area contributed by atoms with Crippen molar-refractivity contribution in [2.45, 2.75) is 33.1 Å². The van der Waals surface area contributed by atoms with Gasteiger partial charge < -0.3 is 5.32 Å². The van der Waals surface area contributed by atoms with Crippen LogP contribution in [0.25, 0.3) is 0 Å². The van der Waals surface area contributed by atoms with Crippen LogP contribution in [0.5, 0.6) is 0 Å². The number of hydrogen-bond acceptors (Lipinski definition) is 2. The summed E-state index contributed by atoms with van der Waals surface area (Å²) in [5.41, 5.74) is 4.29. The van der Waals surface area contributed by atoms with Crippen molar-refractivity contribution >= 4 is 11.3 Å². The van der Waals surface area contributed by atoms with E-state index in [1.165, 1.54) is 36.0 Å². The van der Waals surface area contributed by atoms with Gasteiger partial charge >= 0.3 is 0 Å². The maximum atomic E-state index is 3.51. The first-order valence-corrected chi connectivity index (χ1v) is 8.49. The fourth-order valence-electron chi connectivity index (χ4n) is 2.49. The first-order valence-electron chi connectivity index (χ1n) is 7.55. The van der Waals surface area contributed by atoms with Crippen LogP contribution in [0.4, 0.5) is 0 Å². The Bertz CT molecular complexity index is 473. The van der Waals surface area contributed by atoms with E-state index in [4.69, 9.17) is 0 Å². The lowest BCUT2D eigenvalue weighted by atomic mass is 9.93. The van der Waals surface area contributed by atoms with Crippen LogP contribution < -0.4 is 5.32 Å². The van der Waals surface area contributed by atoms with Crippen LogP contribution in [0.1, 0.15) is 30.0 Å². The monoisotopic (exact) mass is 287 g/mol. The number of rotatable bonds is 8. The van der Waals surface area contributed by atoms with Crippen LogP contribution >= 0.6 is 11.3 Å². The van der Waals surface area contributed by atoms with Gasteiger partial charge in [0.25, 0.3) is 0 Å². The second-order valence-electron chi connectivity index (χ2n) is 5.53. The molecule has 1 nitrogen and oxygen atoms in total. The quantitative estimate of drug-likeness (QED) is 0.756. The largest absolute Gasteiger partial charge is 0.317 e. The minimum absolute atomic E-state index is 0.720. The summed E-state index contributed by atoms with van der Waals surface area (Å²) in [6.07, 6.45) is 3.64. The zero-order valence-electron chi connectivity index (χ0n) is 12.6. The first-order chi connectivity index (χ1) is 9.78. The number of aryl methyl sites for hydroxylation is 2. The molecule has 1 unspecified atom stereocenters. The lowest BCUT2D eigenvalue weighted by Crippen LogP contribution is -2.24. The van der Waals surface area contributed by atoms with Gasteiger partial charge in [-0.25, -0.2) is 0 Å². The summed E-state index contributed by atoms with van der Waals surface area (Å²) in [7, 11) is 0. The van der Waals surface area contributed by atoms with E-state index in [9.17, 15) is 0 Å². The maximum Gasteiger partial charge on any atom is -0.00173 e. The Hall–Kier alpha value is -1.12. The van der Waals surface area contributed by atoms with Gasteiger partial charge in [0.2, 0.25) is 0 Å². The van der Waals surface area contributed by atoms with Crippen LogP contribution in [0.15, 0.2) is 41.1 Å². The molecule has 2 aromatic rings. The van der Waals surface area contributed by atoms with Gasteiger partial charge in [-0.1, -0.05) is 36.8 Å². The van der Waals surface area contributed by atoms with Crippen molar-refractivity contribution in [2.24, 2.45) is 5.92 Å². The van der Waals surface area contributed by atoms with Crippen LogP contribution in [-0.4, -0.2) is 13.1 Å². The molecule has 2 rings (SSSR count). The van der Waals surface area contributed by atoms with E-state index in [1.54, 1.807) is 11.3 Å². The molecule has 108 valence electrons. The summed E-state index contributed by atoms with van der Waals surface area (Å²) in [4.78, 5) is 0. The third kappa shape index (κ3) is 5.10. The average Bonchev–Trinajstić information content (AvgIpc) is 2.97. The number of thiophene rings is 1. The minimum atomic E-state index is 0.720. The topological polar surface area (TPSA) is 12.0 Å². The van der Waals surface area contributed by atoms with Crippen molar-refractivity contribution in [2.75, 3.05) is 13.1 Å². The van der Waals surface area contributed by atoms with Crippen molar-refractivity contribution < 1.29 is 0 Å². The van der Waals surface area contributed by atoms with E-state index in [1.807, 2.05) is 0 Å². The fourth-order valence-corrected chi connectivity index (χ4v) is 3.19. The summed E-state index contributed by atoms with van der Waals surface area (Å²) in [6.45, 7) is 6.51. The van der Waals surface area contributed by atoms with E-state index in [-0.39, 0.29) is 0 Å². The molecule has 0 saturated carbocycles. The molecule has 0 spiro atoms. The minimum Gasteiger partial charge on any atom is -0.317 e. The molecule has 1 N–H and O–H groups in total. The predicted octanol–water partition coefficient (Wildman–Crippen LogP) is 4.46. The molecule has 0 fully saturated rings. The molecule has 0 aliphatic heterocycles. The van der Waals surface area contributed by atoms with Crippen molar-refractivity contribution in [3.05, 3.63) is 57.8 Å². The molecule has 0 aliphatic carbocycles. The Labute approximate surface area is 127 Å². The molecule has 0 amide bonds. The second kappa shape index (κ2) is 8.23. The highest BCUT2D eigenvalue weighted by Gasteiger charge is 2.10. The Morgan fingerprint density at radius 3 is 2.55 bits per heavy atom.